The highest BCUT2D eigenvalue weighted by molar-refractivity contribution is 7.85. The molecule has 3 aromatic rings. The average Bonchev–Trinajstić information content (AvgIpc) is 3.01. The van der Waals surface area contributed by atoms with E-state index in [1.807, 2.05) is 43.3 Å². The molecule has 208 valence electrons. The molecule has 4 rings (SSSR count). The summed E-state index contributed by atoms with van der Waals surface area (Å²) in [6.45, 7) is 5.51. The minimum atomic E-state index is -1.45. The Morgan fingerprint density at radius 2 is 1.85 bits per heavy atom. The van der Waals surface area contributed by atoms with Crippen LogP contribution in [0.25, 0.3) is 10.8 Å². The summed E-state index contributed by atoms with van der Waals surface area (Å²) in [6, 6.07) is 16.3. The lowest BCUT2D eigenvalue weighted by Crippen LogP contribution is -2.60. The van der Waals surface area contributed by atoms with Gasteiger partial charge < -0.3 is 20.4 Å². The van der Waals surface area contributed by atoms with Gasteiger partial charge in [-0.15, -0.1) is 0 Å². The van der Waals surface area contributed by atoms with Gasteiger partial charge >= 0.3 is 0 Å². The smallest absolute Gasteiger partial charge is 0.252 e. The van der Waals surface area contributed by atoms with Crippen molar-refractivity contribution in [1.29, 1.82) is 5.26 Å². The molecule has 0 saturated heterocycles. The molecule has 3 aromatic carbocycles. The van der Waals surface area contributed by atoms with Crippen LogP contribution in [0.5, 0.6) is 0 Å². The molecule has 3 amide bonds. The maximum atomic E-state index is 14.4. The lowest BCUT2D eigenvalue weighted by molar-refractivity contribution is -0.129. The molecule has 10 heteroatoms. The van der Waals surface area contributed by atoms with Crippen molar-refractivity contribution >= 4 is 50.7 Å². The van der Waals surface area contributed by atoms with Crippen LogP contribution in [0, 0.1) is 18.3 Å². The molecule has 1 aliphatic rings. The molecule has 0 fully saturated rings. The standard InChI is InChI=1S/C30H33N5O4S/c1-18-10-12-22-8-6-7-9-23(22)24(18)16-34-25-13-11-21(15-31)14-26(25)35(27(36)17-40(5)39)20(3)28(30(34)38)33-29(37)19(2)32-4/h6-14,19-20,28,32H,16-17H2,1-5H3,(H,33,37)/t19-,20-,28?,40?/m0/s1. The third kappa shape index (κ3) is 5.62. The molecule has 0 radical (unpaired) electrons. The molecule has 0 saturated carbocycles. The fourth-order valence-electron chi connectivity index (χ4n) is 5.05. The summed E-state index contributed by atoms with van der Waals surface area (Å²) in [7, 11) is 0.190. The van der Waals surface area contributed by atoms with E-state index in [-0.39, 0.29) is 12.3 Å². The first-order valence-electron chi connectivity index (χ1n) is 13.0. The molecule has 1 heterocycles. The molecule has 9 nitrogen and oxygen atoms in total. The van der Waals surface area contributed by atoms with Crippen molar-refractivity contribution in [2.45, 2.75) is 45.4 Å². The molecule has 2 N–H and O–H groups in total. The molecule has 0 aliphatic carbocycles. The number of nitriles is 1. The highest BCUT2D eigenvalue weighted by Gasteiger charge is 2.42. The largest absolute Gasteiger partial charge is 0.341 e. The minimum Gasteiger partial charge on any atom is -0.341 e. The van der Waals surface area contributed by atoms with E-state index < -0.39 is 46.6 Å². The fraction of sp³-hybridized carbons (Fsp3) is 0.333. The first-order chi connectivity index (χ1) is 19.1. The Hall–Kier alpha value is -4.07. The van der Waals surface area contributed by atoms with Gasteiger partial charge in [0.1, 0.15) is 11.8 Å². The van der Waals surface area contributed by atoms with Gasteiger partial charge in [-0.25, -0.2) is 0 Å². The van der Waals surface area contributed by atoms with E-state index in [2.05, 4.69) is 16.7 Å². The Bertz CT molecular complexity index is 1550. The number of nitrogens with one attached hydrogen (secondary N) is 2. The Morgan fingerprint density at radius 1 is 1.12 bits per heavy atom. The summed E-state index contributed by atoms with van der Waals surface area (Å²) in [5.41, 5.74) is 3.00. The van der Waals surface area contributed by atoms with E-state index in [4.69, 9.17) is 0 Å². The van der Waals surface area contributed by atoms with E-state index in [1.54, 1.807) is 44.0 Å². The van der Waals surface area contributed by atoms with Crippen LogP contribution in [0.4, 0.5) is 11.4 Å². The van der Waals surface area contributed by atoms with Crippen molar-refractivity contribution in [2.75, 3.05) is 28.9 Å². The van der Waals surface area contributed by atoms with Gasteiger partial charge in [0.25, 0.3) is 5.91 Å². The van der Waals surface area contributed by atoms with Crippen molar-refractivity contribution in [3.63, 3.8) is 0 Å². The predicted octanol–water partition coefficient (Wildman–Crippen LogP) is 2.76. The Balaban J connectivity index is 1.94. The molecule has 40 heavy (non-hydrogen) atoms. The summed E-state index contributed by atoms with van der Waals surface area (Å²) in [6.07, 6.45) is 1.43. The van der Waals surface area contributed by atoms with Crippen LogP contribution >= 0.6 is 0 Å². The number of carbonyl (C=O) groups is 3. The summed E-state index contributed by atoms with van der Waals surface area (Å²) >= 11 is 0. The predicted molar refractivity (Wildman–Crippen MR) is 157 cm³/mol. The van der Waals surface area contributed by atoms with Gasteiger partial charge in [0, 0.05) is 17.1 Å². The Kier molecular flexibility index (Phi) is 8.67. The second-order valence-corrected chi connectivity index (χ2v) is 11.5. The van der Waals surface area contributed by atoms with E-state index in [1.165, 1.54) is 11.2 Å². The zero-order valence-electron chi connectivity index (χ0n) is 23.2. The third-order valence-corrected chi connectivity index (χ3v) is 8.04. The van der Waals surface area contributed by atoms with Crippen molar-refractivity contribution < 1.29 is 18.6 Å². The number of anilines is 2. The van der Waals surface area contributed by atoms with Crippen LogP contribution in [-0.4, -0.2) is 59.1 Å². The van der Waals surface area contributed by atoms with Gasteiger partial charge in [0.15, 0.2) is 0 Å². The SMILES string of the molecule is CN[C@@H](C)C(=O)NC1C(=O)N(Cc2c(C)ccc3ccccc23)c2ccc(C#N)cc2N(C(=O)CS(C)=O)[C@H]1C. The molecule has 4 atom stereocenters. The topological polar surface area (TPSA) is 123 Å². The zero-order valence-corrected chi connectivity index (χ0v) is 24.0. The number of benzene rings is 3. The van der Waals surface area contributed by atoms with Gasteiger partial charge in [0.2, 0.25) is 11.8 Å². The number of carbonyl (C=O) groups excluding carboxylic acids is 3. The summed E-state index contributed by atoms with van der Waals surface area (Å²) in [4.78, 5) is 43.9. The van der Waals surface area contributed by atoms with Crippen molar-refractivity contribution in [3.05, 3.63) is 71.3 Å². The van der Waals surface area contributed by atoms with Crippen LogP contribution in [0.15, 0.2) is 54.6 Å². The quantitative estimate of drug-likeness (QED) is 0.459. The van der Waals surface area contributed by atoms with Crippen molar-refractivity contribution in [3.8, 4) is 6.07 Å². The second kappa shape index (κ2) is 12.0. The molecule has 0 aromatic heterocycles. The van der Waals surface area contributed by atoms with E-state index in [9.17, 15) is 23.9 Å². The lowest BCUT2D eigenvalue weighted by atomic mass is 9.98. The normalized spacial score (nSPS) is 18.4. The fourth-order valence-corrected chi connectivity index (χ4v) is 5.54. The van der Waals surface area contributed by atoms with Crippen LogP contribution in [0.3, 0.4) is 0 Å². The molecule has 2 unspecified atom stereocenters. The van der Waals surface area contributed by atoms with Gasteiger partial charge in [-0.3, -0.25) is 18.6 Å². The van der Waals surface area contributed by atoms with Crippen LogP contribution in [-0.2, 0) is 31.7 Å². The molecular formula is C30H33N5O4S. The van der Waals surface area contributed by atoms with Crippen molar-refractivity contribution in [2.24, 2.45) is 0 Å². The van der Waals surface area contributed by atoms with Gasteiger partial charge in [-0.05, 0) is 67.9 Å². The van der Waals surface area contributed by atoms with E-state index in [0.717, 1.165) is 21.9 Å². The number of rotatable bonds is 7. The number of fused-ring (bicyclic) bond motifs is 2. The first-order valence-corrected chi connectivity index (χ1v) is 14.7. The van der Waals surface area contributed by atoms with Gasteiger partial charge in [-0.2, -0.15) is 5.26 Å². The maximum Gasteiger partial charge on any atom is 0.252 e. The summed E-state index contributed by atoms with van der Waals surface area (Å²) in [5, 5.41) is 17.4. The second-order valence-electron chi connectivity index (χ2n) is 10.0. The highest BCUT2D eigenvalue weighted by Crippen LogP contribution is 2.38. The van der Waals surface area contributed by atoms with Gasteiger partial charge in [-0.1, -0.05) is 36.4 Å². The lowest BCUT2D eigenvalue weighted by Gasteiger charge is -2.32. The number of hydrogen-bond acceptors (Lipinski definition) is 6. The average molecular weight is 560 g/mol. The van der Waals surface area contributed by atoms with Crippen molar-refractivity contribution in [1.82, 2.24) is 10.6 Å². The molecule has 0 bridgehead atoms. The Morgan fingerprint density at radius 3 is 2.52 bits per heavy atom. The number of likely N-dealkylation sites (N-methyl/N-ethyl adjacent to an activating group) is 1. The summed E-state index contributed by atoms with van der Waals surface area (Å²) in [5.74, 6) is -1.54. The zero-order chi connectivity index (χ0) is 29.1. The minimum absolute atomic E-state index is 0.174. The van der Waals surface area contributed by atoms with E-state index in [0.29, 0.717) is 16.9 Å². The van der Waals surface area contributed by atoms with Crippen LogP contribution in [0.2, 0.25) is 0 Å². The molecule has 0 spiro atoms. The molecule has 1 aliphatic heterocycles. The summed E-state index contributed by atoms with van der Waals surface area (Å²) < 4.78 is 12.1. The van der Waals surface area contributed by atoms with Gasteiger partial charge in [0.05, 0.1) is 41.6 Å². The number of hydrogen-bond donors (Lipinski definition) is 2. The number of amides is 3. The van der Waals surface area contributed by atoms with Crippen LogP contribution < -0.4 is 20.4 Å². The maximum absolute atomic E-state index is 14.4. The van der Waals surface area contributed by atoms with Crippen LogP contribution in [0.1, 0.15) is 30.5 Å². The number of aryl methyl sites for hydroxylation is 1. The third-order valence-electron chi connectivity index (χ3n) is 7.39. The van der Waals surface area contributed by atoms with E-state index >= 15 is 0 Å². The monoisotopic (exact) mass is 559 g/mol. The highest BCUT2D eigenvalue weighted by atomic mass is 32.2. The molecular weight excluding hydrogens is 526 g/mol. The first kappa shape index (κ1) is 28.9. The Labute approximate surface area is 236 Å². The number of nitrogens with zero attached hydrogens (tertiary/aromatic N) is 3.